The molecule has 2 rings (SSSR count). The minimum atomic E-state index is -0.934. The zero-order chi connectivity index (χ0) is 15.2. The van der Waals surface area contributed by atoms with E-state index in [1.165, 1.54) is 18.4 Å². The molecule has 1 atom stereocenters. The van der Waals surface area contributed by atoms with Crippen LogP contribution < -0.4 is 5.32 Å². The Hall–Kier alpha value is -2.28. The predicted molar refractivity (Wildman–Crippen MR) is 69.5 cm³/mol. The van der Waals surface area contributed by atoms with Gasteiger partial charge in [-0.05, 0) is 24.1 Å². The maximum absolute atomic E-state index is 13.1. The number of rotatable bonds is 6. The van der Waals surface area contributed by atoms with Crippen LogP contribution >= 0.6 is 0 Å². The first-order chi connectivity index (χ1) is 10.1. The maximum atomic E-state index is 13.1. The fourth-order valence-electron chi connectivity index (χ4n) is 1.86. The molecule has 2 aromatic rings. The van der Waals surface area contributed by atoms with Crippen LogP contribution in [-0.2, 0) is 6.42 Å². The Kier molecular flexibility index (Phi) is 4.99. The van der Waals surface area contributed by atoms with Gasteiger partial charge in [0.1, 0.15) is 6.26 Å². The number of halogens is 2. The van der Waals surface area contributed by atoms with E-state index in [1.54, 1.807) is 0 Å². The molecule has 0 aliphatic carbocycles. The summed E-state index contributed by atoms with van der Waals surface area (Å²) in [6.07, 6.45) is 1.59. The molecule has 1 aromatic carbocycles. The lowest BCUT2D eigenvalue weighted by molar-refractivity contribution is 0.0931. The van der Waals surface area contributed by atoms with Gasteiger partial charge in [-0.2, -0.15) is 0 Å². The second-order valence-electron chi connectivity index (χ2n) is 4.60. The molecule has 1 aromatic heterocycles. The van der Waals surface area contributed by atoms with Crippen molar-refractivity contribution in [2.75, 3.05) is 13.2 Å². The van der Waals surface area contributed by atoms with Crippen LogP contribution in [0.5, 0.6) is 0 Å². The van der Waals surface area contributed by atoms with Gasteiger partial charge in [0.15, 0.2) is 17.3 Å². The fourth-order valence-corrected chi connectivity index (χ4v) is 1.86. The summed E-state index contributed by atoms with van der Waals surface area (Å²) >= 11 is 0. The van der Waals surface area contributed by atoms with Crippen LogP contribution in [0.3, 0.4) is 0 Å². The summed E-state index contributed by atoms with van der Waals surface area (Å²) in [5.41, 5.74) is 0.683. The SMILES string of the molecule is O=C(NC[C@H](CO)Cc1ccc(F)c(F)c1)c1ccon1. The zero-order valence-electron chi connectivity index (χ0n) is 11.1. The van der Waals surface area contributed by atoms with E-state index in [2.05, 4.69) is 15.0 Å². The summed E-state index contributed by atoms with van der Waals surface area (Å²) in [4.78, 5) is 11.7. The first kappa shape index (κ1) is 15.1. The molecule has 5 nitrogen and oxygen atoms in total. The normalized spacial score (nSPS) is 12.1. The topological polar surface area (TPSA) is 75.4 Å². The van der Waals surface area contributed by atoms with Crippen molar-refractivity contribution in [3.05, 3.63) is 53.4 Å². The second kappa shape index (κ2) is 6.94. The van der Waals surface area contributed by atoms with Crippen LogP contribution in [0.25, 0.3) is 0 Å². The highest BCUT2D eigenvalue weighted by atomic mass is 19.2. The van der Waals surface area contributed by atoms with Crippen LogP contribution in [0, 0.1) is 17.6 Å². The number of hydrogen-bond acceptors (Lipinski definition) is 4. The molecule has 1 heterocycles. The van der Waals surface area contributed by atoms with E-state index in [9.17, 15) is 18.7 Å². The van der Waals surface area contributed by atoms with Crippen LogP contribution in [0.2, 0.25) is 0 Å². The minimum absolute atomic E-state index is 0.138. The second-order valence-corrected chi connectivity index (χ2v) is 4.60. The number of benzene rings is 1. The number of carbonyl (C=O) groups is 1. The standard InChI is InChI=1S/C14H14F2N2O3/c15-11-2-1-9(6-12(11)16)5-10(8-19)7-17-14(20)13-3-4-21-18-13/h1-4,6,10,19H,5,7-8H2,(H,17,20)/t10-/m1/s1. The molecular weight excluding hydrogens is 282 g/mol. The molecule has 0 saturated heterocycles. The molecule has 21 heavy (non-hydrogen) atoms. The van der Waals surface area contributed by atoms with E-state index < -0.39 is 17.5 Å². The lowest BCUT2D eigenvalue weighted by Gasteiger charge is -2.14. The Balaban J connectivity index is 1.91. The molecule has 7 heteroatoms. The molecule has 112 valence electrons. The average Bonchev–Trinajstić information content (AvgIpc) is 3.01. The Morgan fingerprint density at radius 3 is 2.76 bits per heavy atom. The molecule has 0 radical (unpaired) electrons. The van der Waals surface area contributed by atoms with Crippen molar-refractivity contribution in [3.8, 4) is 0 Å². The third-order valence-corrected chi connectivity index (χ3v) is 2.99. The van der Waals surface area contributed by atoms with Gasteiger partial charge in [0.25, 0.3) is 5.91 Å². The number of nitrogens with one attached hydrogen (secondary N) is 1. The van der Waals surface area contributed by atoms with Gasteiger partial charge in [0.2, 0.25) is 0 Å². The average molecular weight is 296 g/mol. The zero-order valence-corrected chi connectivity index (χ0v) is 11.1. The van der Waals surface area contributed by atoms with Crippen LogP contribution in [0.4, 0.5) is 8.78 Å². The van der Waals surface area contributed by atoms with E-state index in [4.69, 9.17) is 0 Å². The third kappa shape index (κ3) is 4.09. The number of amides is 1. The summed E-state index contributed by atoms with van der Waals surface area (Å²) in [5, 5.41) is 15.4. The van der Waals surface area contributed by atoms with Crippen LogP contribution in [0.1, 0.15) is 16.1 Å². The number of carbonyl (C=O) groups excluding carboxylic acids is 1. The van der Waals surface area contributed by atoms with Gasteiger partial charge in [-0.25, -0.2) is 8.78 Å². The van der Waals surface area contributed by atoms with Crippen molar-refractivity contribution >= 4 is 5.91 Å². The smallest absolute Gasteiger partial charge is 0.273 e. The number of aliphatic hydroxyl groups excluding tert-OH is 1. The third-order valence-electron chi connectivity index (χ3n) is 2.99. The Morgan fingerprint density at radius 1 is 1.33 bits per heavy atom. The van der Waals surface area contributed by atoms with E-state index in [1.807, 2.05) is 0 Å². The monoisotopic (exact) mass is 296 g/mol. The van der Waals surface area contributed by atoms with E-state index in [0.29, 0.717) is 12.0 Å². The van der Waals surface area contributed by atoms with Gasteiger partial charge in [-0.15, -0.1) is 0 Å². The number of aliphatic hydroxyl groups is 1. The summed E-state index contributed by atoms with van der Waals surface area (Å²) in [7, 11) is 0. The number of hydrogen-bond donors (Lipinski definition) is 2. The van der Waals surface area contributed by atoms with E-state index >= 15 is 0 Å². The molecule has 0 aliphatic rings. The highest BCUT2D eigenvalue weighted by Gasteiger charge is 2.14. The highest BCUT2D eigenvalue weighted by Crippen LogP contribution is 2.13. The van der Waals surface area contributed by atoms with Crippen molar-refractivity contribution in [2.24, 2.45) is 5.92 Å². The van der Waals surface area contributed by atoms with Gasteiger partial charge in [-0.1, -0.05) is 11.2 Å². The largest absolute Gasteiger partial charge is 0.396 e. The lowest BCUT2D eigenvalue weighted by Crippen LogP contribution is -2.32. The maximum Gasteiger partial charge on any atom is 0.273 e. The van der Waals surface area contributed by atoms with Gasteiger partial charge in [0, 0.05) is 25.1 Å². The van der Waals surface area contributed by atoms with E-state index in [0.717, 1.165) is 12.1 Å². The molecule has 1 amide bonds. The first-order valence-electron chi connectivity index (χ1n) is 6.33. The van der Waals surface area contributed by atoms with Crippen molar-refractivity contribution in [1.82, 2.24) is 10.5 Å². The van der Waals surface area contributed by atoms with Gasteiger partial charge in [0.05, 0.1) is 0 Å². The predicted octanol–water partition coefficient (Wildman–Crippen LogP) is 1.53. The van der Waals surface area contributed by atoms with Crippen LogP contribution in [0.15, 0.2) is 35.1 Å². The fraction of sp³-hybridized carbons (Fsp3) is 0.286. The Bertz CT molecular complexity index is 602. The molecule has 2 N–H and O–H groups in total. The van der Waals surface area contributed by atoms with Crippen molar-refractivity contribution in [2.45, 2.75) is 6.42 Å². The minimum Gasteiger partial charge on any atom is -0.396 e. The van der Waals surface area contributed by atoms with Crippen molar-refractivity contribution < 1.29 is 23.2 Å². The van der Waals surface area contributed by atoms with E-state index in [-0.39, 0.29) is 24.8 Å². The molecule has 0 bridgehead atoms. The number of nitrogens with zero attached hydrogens (tertiary/aromatic N) is 1. The summed E-state index contributed by atoms with van der Waals surface area (Å²) in [6, 6.07) is 4.98. The summed E-state index contributed by atoms with van der Waals surface area (Å²) < 4.78 is 30.5. The first-order valence-corrected chi connectivity index (χ1v) is 6.33. The summed E-state index contributed by atoms with van der Waals surface area (Å²) in [5.74, 6) is -2.59. The van der Waals surface area contributed by atoms with Crippen molar-refractivity contribution in [3.63, 3.8) is 0 Å². The molecular formula is C14H14F2N2O3. The molecule has 0 aliphatic heterocycles. The number of aromatic nitrogens is 1. The Labute approximate surface area is 119 Å². The quantitative estimate of drug-likeness (QED) is 0.847. The van der Waals surface area contributed by atoms with Gasteiger partial charge < -0.3 is 14.9 Å². The van der Waals surface area contributed by atoms with Crippen molar-refractivity contribution in [1.29, 1.82) is 0 Å². The molecule has 0 unspecified atom stereocenters. The van der Waals surface area contributed by atoms with Gasteiger partial charge in [-0.3, -0.25) is 4.79 Å². The Morgan fingerprint density at radius 2 is 2.14 bits per heavy atom. The van der Waals surface area contributed by atoms with Gasteiger partial charge >= 0.3 is 0 Å². The molecule has 0 fully saturated rings. The molecule has 0 spiro atoms. The highest BCUT2D eigenvalue weighted by molar-refractivity contribution is 5.91. The van der Waals surface area contributed by atoms with Crippen LogP contribution in [-0.4, -0.2) is 29.3 Å². The summed E-state index contributed by atoms with van der Waals surface area (Å²) in [6.45, 7) is -0.0146. The molecule has 0 saturated carbocycles. The lowest BCUT2D eigenvalue weighted by atomic mass is 10.00.